The molecule has 3 aromatic rings. The van der Waals surface area contributed by atoms with Gasteiger partial charge in [-0.3, -0.25) is 9.78 Å². The third-order valence-corrected chi connectivity index (χ3v) is 4.73. The SMILES string of the molecule is CC(C)Sc1ccc(C(C)Nc2nc3ccccc3c(=O)[nH]2)cc1. The van der Waals surface area contributed by atoms with Gasteiger partial charge < -0.3 is 5.32 Å². The van der Waals surface area contributed by atoms with Crippen LogP contribution in [0.4, 0.5) is 5.95 Å². The van der Waals surface area contributed by atoms with Crippen molar-refractivity contribution in [1.29, 1.82) is 0 Å². The summed E-state index contributed by atoms with van der Waals surface area (Å²) in [5.74, 6) is 0.492. The molecule has 0 aliphatic rings. The molecule has 0 radical (unpaired) electrons. The number of para-hydroxylation sites is 1. The molecule has 124 valence electrons. The molecule has 0 bridgehead atoms. The molecule has 0 amide bonds. The van der Waals surface area contributed by atoms with E-state index in [1.54, 1.807) is 6.07 Å². The molecular formula is C19H21N3OS. The Hall–Kier alpha value is -2.27. The number of anilines is 1. The fraction of sp³-hybridized carbons (Fsp3) is 0.263. The molecule has 0 fully saturated rings. The van der Waals surface area contributed by atoms with Crippen LogP contribution in [0, 0.1) is 0 Å². The standard InChI is InChI=1S/C19H21N3OS/c1-12(2)24-15-10-8-14(9-11-15)13(3)20-19-21-17-7-5-4-6-16(17)18(23)22-19/h4-13H,1-3H3,(H2,20,21,22,23). The summed E-state index contributed by atoms with van der Waals surface area (Å²) in [5.41, 5.74) is 1.72. The molecule has 4 nitrogen and oxygen atoms in total. The van der Waals surface area contributed by atoms with Crippen molar-refractivity contribution in [2.24, 2.45) is 0 Å². The molecule has 2 aromatic carbocycles. The number of benzene rings is 2. The quantitative estimate of drug-likeness (QED) is 0.667. The fourth-order valence-corrected chi connectivity index (χ4v) is 3.39. The van der Waals surface area contributed by atoms with E-state index in [2.05, 4.69) is 60.3 Å². The summed E-state index contributed by atoms with van der Waals surface area (Å²) in [4.78, 5) is 20.7. The Morgan fingerprint density at radius 1 is 1.04 bits per heavy atom. The molecule has 3 rings (SSSR count). The van der Waals surface area contributed by atoms with E-state index in [1.165, 1.54) is 4.90 Å². The number of nitrogens with zero attached hydrogens (tertiary/aromatic N) is 1. The number of H-pyrrole nitrogens is 1. The molecule has 0 spiro atoms. The maximum Gasteiger partial charge on any atom is 0.260 e. The lowest BCUT2D eigenvalue weighted by Crippen LogP contribution is -2.15. The molecule has 0 aliphatic carbocycles. The topological polar surface area (TPSA) is 57.8 Å². The first-order chi connectivity index (χ1) is 11.5. The number of rotatable bonds is 5. The van der Waals surface area contributed by atoms with Gasteiger partial charge in [-0.2, -0.15) is 0 Å². The molecule has 1 atom stereocenters. The van der Waals surface area contributed by atoms with Gasteiger partial charge in [0.15, 0.2) is 0 Å². The van der Waals surface area contributed by atoms with Gasteiger partial charge in [0.05, 0.1) is 16.9 Å². The van der Waals surface area contributed by atoms with Crippen molar-refractivity contribution >= 4 is 28.6 Å². The lowest BCUT2D eigenvalue weighted by atomic mass is 10.1. The smallest absolute Gasteiger partial charge is 0.260 e. The van der Waals surface area contributed by atoms with Crippen LogP contribution in [0.2, 0.25) is 0 Å². The first-order valence-electron chi connectivity index (χ1n) is 8.05. The number of hydrogen-bond donors (Lipinski definition) is 2. The average molecular weight is 339 g/mol. The summed E-state index contributed by atoms with van der Waals surface area (Å²) in [6, 6.07) is 15.9. The van der Waals surface area contributed by atoms with Crippen LogP contribution in [0.5, 0.6) is 0 Å². The molecule has 1 unspecified atom stereocenters. The Balaban J connectivity index is 1.79. The molecule has 2 N–H and O–H groups in total. The zero-order chi connectivity index (χ0) is 17.1. The maximum atomic E-state index is 12.1. The Morgan fingerprint density at radius 3 is 2.46 bits per heavy atom. The maximum absolute atomic E-state index is 12.1. The van der Waals surface area contributed by atoms with Crippen LogP contribution >= 0.6 is 11.8 Å². The highest BCUT2D eigenvalue weighted by Crippen LogP contribution is 2.25. The molecule has 0 saturated heterocycles. The van der Waals surface area contributed by atoms with Crippen LogP contribution in [-0.4, -0.2) is 15.2 Å². The van der Waals surface area contributed by atoms with Crippen molar-refractivity contribution in [3.63, 3.8) is 0 Å². The monoisotopic (exact) mass is 339 g/mol. The lowest BCUT2D eigenvalue weighted by Gasteiger charge is -2.15. The summed E-state index contributed by atoms with van der Waals surface area (Å²) < 4.78 is 0. The van der Waals surface area contributed by atoms with E-state index in [0.29, 0.717) is 22.1 Å². The number of thioether (sulfide) groups is 1. The van der Waals surface area contributed by atoms with Gasteiger partial charge in [-0.25, -0.2) is 4.98 Å². The molecule has 24 heavy (non-hydrogen) atoms. The van der Waals surface area contributed by atoms with Crippen LogP contribution < -0.4 is 10.9 Å². The second-order valence-electron chi connectivity index (χ2n) is 6.03. The first kappa shape index (κ1) is 16.6. The van der Waals surface area contributed by atoms with Crippen molar-refractivity contribution in [3.05, 3.63) is 64.4 Å². The molecular weight excluding hydrogens is 318 g/mol. The van der Waals surface area contributed by atoms with Crippen LogP contribution in [-0.2, 0) is 0 Å². The van der Waals surface area contributed by atoms with Crippen molar-refractivity contribution in [1.82, 2.24) is 9.97 Å². The summed E-state index contributed by atoms with van der Waals surface area (Å²) in [6.07, 6.45) is 0. The zero-order valence-electron chi connectivity index (χ0n) is 14.0. The normalized spacial score (nSPS) is 12.5. The number of aromatic amines is 1. The van der Waals surface area contributed by atoms with Crippen molar-refractivity contribution < 1.29 is 0 Å². The second-order valence-corrected chi connectivity index (χ2v) is 7.68. The van der Waals surface area contributed by atoms with E-state index in [9.17, 15) is 4.79 Å². The predicted octanol–water partition coefficient (Wildman–Crippen LogP) is 4.60. The Bertz CT molecular complexity index is 887. The summed E-state index contributed by atoms with van der Waals surface area (Å²) in [7, 11) is 0. The minimum Gasteiger partial charge on any atom is -0.349 e. The van der Waals surface area contributed by atoms with Crippen molar-refractivity contribution in [2.45, 2.75) is 37.0 Å². The highest BCUT2D eigenvalue weighted by molar-refractivity contribution is 7.99. The minimum atomic E-state index is -0.126. The minimum absolute atomic E-state index is 0.0485. The number of fused-ring (bicyclic) bond motifs is 1. The predicted molar refractivity (Wildman–Crippen MR) is 102 cm³/mol. The third-order valence-electron chi connectivity index (χ3n) is 3.72. The molecule has 1 heterocycles. The summed E-state index contributed by atoms with van der Waals surface area (Å²) in [5, 5.41) is 4.45. The van der Waals surface area contributed by atoms with Gasteiger partial charge in [0.2, 0.25) is 5.95 Å². The zero-order valence-corrected chi connectivity index (χ0v) is 14.9. The Morgan fingerprint density at radius 2 is 1.75 bits per heavy atom. The van der Waals surface area contributed by atoms with Gasteiger partial charge in [0, 0.05) is 10.1 Å². The largest absolute Gasteiger partial charge is 0.349 e. The van der Waals surface area contributed by atoms with Crippen LogP contribution in [0.25, 0.3) is 10.9 Å². The first-order valence-corrected chi connectivity index (χ1v) is 8.93. The molecule has 0 aliphatic heterocycles. The van der Waals surface area contributed by atoms with Gasteiger partial charge in [-0.1, -0.05) is 38.1 Å². The lowest BCUT2D eigenvalue weighted by molar-refractivity contribution is 0.859. The van der Waals surface area contributed by atoms with Gasteiger partial charge in [-0.15, -0.1) is 11.8 Å². The van der Waals surface area contributed by atoms with Crippen LogP contribution in [0.1, 0.15) is 32.4 Å². The molecule has 0 saturated carbocycles. The van der Waals surface area contributed by atoms with Gasteiger partial charge in [0.25, 0.3) is 5.56 Å². The molecule has 1 aromatic heterocycles. The van der Waals surface area contributed by atoms with E-state index in [0.717, 1.165) is 5.56 Å². The van der Waals surface area contributed by atoms with Gasteiger partial charge in [0.1, 0.15) is 0 Å². The van der Waals surface area contributed by atoms with E-state index in [4.69, 9.17) is 0 Å². The Labute approximate surface area is 145 Å². The van der Waals surface area contributed by atoms with Crippen LogP contribution in [0.15, 0.2) is 58.2 Å². The number of nitrogens with one attached hydrogen (secondary N) is 2. The van der Waals surface area contributed by atoms with E-state index < -0.39 is 0 Å². The highest BCUT2D eigenvalue weighted by atomic mass is 32.2. The third kappa shape index (κ3) is 3.79. The van der Waals surface area contributed by atoms with E-state index in [1.807, 2.05) is 30.0 Å². The van der Waals surface area contributed by atoms with E-state index in [-0.39, 0.29) is 11.6 Å². The fourth-order valence-electron chi connectivity index (χ4n) is 2.55. The number of hydrogen-bond acceptors (Lipinski definition) is 4. The van der Waals surface area contributed by atoms with E-state index >= 15 is 0 Å². The average Bonchev–Trinajstić information content (AvgIpc) is 2.55. The summed E-state index contributed by atoms with van der Waals surface area (Å²) in [6.45, 7) is 6.43. The van der Waals surface area contributed by atoms with Gasteiger partial charge in [-0.05, 0) is 36.8 Å². The second kappa shape index (κ2) is 7.09. The highest BCUT2D eigenvalue weighted by Gasteiger charge is 2.09. The summed E-state index contributed by atoms with van der Waals surface area (Å²) >= 11 is 1.85. The molecule has 5 heteroatoms. The number of aromatic nitrogens is 2. The Kier molecular flexibility index (Phi) is 4.90. The van der Waals surface area contributed by atoms with Crippen molar-refractivity contribution in [2.75, 3.05) is 5.32 Å². The van der Waals surface area contributed by atoms with Crippen molar-refractivity contribution in [3.8, 4) is 0 Å². The van der Waals surface area contributed by atoms with Crippen LogP contribution in [0.3, 0.4) is 0 Å². The van der Waals surface area contributed by atoms with Gasteiger partial charge >= 0.3 is 0 Å².